The highest BCUT2D eigenvalue weighted by Gasteiger charge is 2.73. The topological polar surface area (TPSA) is 141 Å². The Bertz CT molecular complexity index is 1330. The molecule has 1 aliphatic carbocycles. The third-order valence-corrected chi connectivity index (χ3v) is 14.1. The first-order chi connectivity index (χ1) is 21.9. The van der Waals surface area contributed by atoms with Gasteiger partial charge in [0.25, 0.3) is 0 Å². The van der Waals surface area contributed by atoms with E-state index in [9.17, 15) is 24.0 Å². The Morgan fingerprint density at radius 3 is 1.77 bits per heavy atom. The van der Waals surface area contributed by atoms with Gasteiger partial charge in [0.05, 0.1) is 41.2 Å². The summed E-state index contributed by atoms with van der Waals surface area (Å²) in [7, 11) is 3.79. The fraction of sp³-hybridized carbons (Fsp3) is 0.571. The number of esters is 5. The van der Waals surface area contributed by atoms with E-state index in [1.165, 1.54) is 35.5 Å². The van der Waals surface area contributed by atoms with E-state index in [2.05, 4.69) is 40.4 Å². The Balaban J connectivity index is 2.38. The maximum absolute atomic E-state index is 13.3. The van der Waals surface area contributed by atoms with Gasteiger partial charge in [-0.1, -0.05) is 63.3 Å². The number of rotatable bonds is 16. The molecule has 1 fully saturated rings. The van der Waals surface area contributed by atoms with Crippen LogP contribution in [-0.4, -0.2) is 79.3 Å². The van der Waals surface area contributed by atoms with E-state index in [-0.39, 0.29) is 30.7 Å². The molecule has 12 heteroatoms. The van der Waals surface area contributed by atoms with Crippen molar-refractivity contribution in [1.82, 2.24) is 0 Å². The predicted molar refractivity (Wildman–Crippen MR) is 176 cm³/mol. The van der Waals surface area contributed by atoms with Gasteiger partial charge in [0.2, 0.25) is 0 Å². The van der Waals surface area contributed by atoms with Gasteiger partial charge in [-0.25, -0.2) is 0 Å². The molecular formula is C35H50O11Si. The summed E-state index contributed by atoms with van der Waals surface area (Å²) in [6.45, 7) is 14.6. The molecule has 2 unspecified atom stereocenters. The van der Waals surface area contributed by atoms with E-state index in [1.54, 1.807) is 42.5 Å². The van der Waals surface area contributed by atoms with Crippen LogP contribution in [0.25, 0.3) is 0 Å². The minimum Gasteiger partial charge on any atom is -0.468 e. The van der Waals surface area contributed by atoms with Crippen molar-refractivity contribution in [3.63, 3.8) is 0 Å². The monoisotopic (exact) mass is 674 g/mol. The second-order valence-corrected chi connectivity index (χ2v) is 18.2. The molecule has 2 atom stereocenters. The highest BCUT2D eigenvalue weighted by Crippen LogP contribution is 2.65. The van der Waals surface area contributed by atoms with Gasteiger partial charge in [-0.15, -0.1) is 6.58 Å². The summed E-state index contributed by atoms with van der Waals surface area (Å²) in [5.74, 6) is -4.58. The lowest BCUT2D eigenvalue weighted by Crippen LogP contribution is -2.47. The average molecular weight is 675 g/mol. The molecule has 1 aliphatic rings. The number of benzene rings is 1. The van der Waals surface area contributed by atoms with Crippen molar-refractivity contribution in [1.29, 1.82) is 0 Å². The lowest BCUT2D eigenvalue weighted by atomic mass is 9.78. The second kappa shape index (κ2) is 15.4. The first-order valence-corrected chi connectivity index (χ1v) is 18.3. The van der Waals surface area contributed by atoms with Crippen LogP contribution < -0.4 is 0 Å². The molecule has 11 nitrogen and oxygen atoms in total. The Morgan fingerprint density at radius 2 is 1.34 bits per heavy atom. The van der Waals surface area contributed by atoms with E-state index >= 15 is 0 Å². The molecule has 1 aromatic rings. The largest absolute Gasteiger partial charge is 0.468 e. The van der Waals surface area contributed by atoms with Crippen LogP contribution in [-0.2, 0) is 64.9 Å². The lowest BCUT2D eigenvalue weighted by Gasteiger charge is -2.40. The van der Waals surface area contributed by atoms with Gasteiger partial charge >= 0.3 is 29.8 Å². The lowest BCUT2D eigenvalue weighted by molar-refractivity contribution is -0.169. The zero-order valence-corrected chi connectivity index (χ0v) is 30.4. The molecule has 260 valence electrons. The minimum absolute atomic E-state index is 0.0365. The molecule has 0 bridgehead atoms. The first kappa shape index (κ1) is 39.4. The molecule has 0 spiro atoms. The summed E-state index contributed by atoms with van der Waals surface area (Å²) < 4.78 is 31.6. The van der Waals surface area contributed by atoms with Gasteiger partial charge < -0.3 is 28.1 Å². The van der Waals surface area contributed by atoms with Crippen LogP contribution in [0.4, 0.5) is 0 Å². The summed E-state index contributed by atoms with van der Waals surface area (Å²) in [6.07, 6.45) is 5.62. The molecule has 0 amide bonds. The molecule has 1 saturated carbocycles. The summed E-state index contributed by atoms with van der Waals surface area (Å²) in [5.41, 5.74) is -2.40. The standard InChI is InChI=1S/C35H50O11Si/c1-12-35(46-47(10,11)32(2,3)4)23-34(35,31(40)45-9)20-14-13-19-33(29(38)43-7,30(39)44-8)22-25-17-15-24(16-18-25)21-26(27(36)41-5)28(37)42-6/h12-18,26H,1,19-23H2,2-11H3/b14-13+. The van der Waals surface area contributed by atoms with Crippen molar-refractivity contribution >= 4 is 38.2 Å². The fourth-order valence-corrected chi connectivity index (χ4v) is 7.14. The summed E-state index contributed by atoms with van der Waals surface area (Å²) in [5, 5.41) is -0.105. The quantitative estimate of drug-likeness (QED) is 0.0776. The second-order valence-electron chi connectivity index (χ2n) is 13.4. The number of allylic oxidation sites excluding steroid dienone is 2. The Morgan fingerprint density at radius 1 is 0.830 bits per heavy atom. The van der Waals surface area contributed by atoms with E-state index in [0.29, 0.717) is 17.5 Å². The van der Waals surface area contributed by atoms with Crippen LogP contribution in [0.15, 0.2) is 49.1 Å². The smallest absolute Gasteiger partial charge is 0.323 e. The molecule has 47 heavy (non-hydrogen) atoms. The van der Waals surface area contributed by atoms with Gasteiger partial charge in [0.1, 0.15) is 5.41 Å². The SMILES string of the molecule is C=CC1(O[Si](C)(C)C(C)(C)C)CC1(C/C=C/CC(Cc1ccc(CC(C(=O)OC)C(=O)OC)cc1)(C(=O)OC)C(=O)OC)C(=O)OC. The van der Waals surface area contributed by atoms with Crippen molar-refractivity contribution in [2.45, 2.75) is 76.6 Å². The van der Waals surface area contributed by atoms with Gasteiger partial charge in [-0.05, 0) is 61.4 Å². The normalized spacial score (nSPS) is 19.6. The molecule has 0 radical (unpaired) electrons. The van der Waals surface area contributed by atoms with E-state index in [0.717, 1.165) is 0 Å². The molecule has 1 aromatic carbocycles. The van der Waals surface area contributed by atoms with Crippen LogP contribution in [0.2, 0.25) is 18.1 Å². The van der Waals surface area contributed by atoms with E-state index < -0.39 is 60.5 Å². The zero-order chi connectivity index (χ0) is 35.8. The zero-order valence-electron chi connectivity index (χ0n) is 29.4. The van der Waals surface area contributed by atoms with Gasteiger partial charge in [0.15, 0.2) is 19.7 Å². The van der Waals surface area contributed by atoms with Crippen LogP contribution in [0.5, 0.6) is 0 Å². The summed E-state index contributed by atoms with van der Waals surface area (Å²) >= 11 is 0. The van der Waals surface area contributed by atoms with Crippen LogP contribution in [0, 0.1) is 16.7 Å². The molecule has 0 heterocycles. The average Bonchev–Trinajstić information content (AvgIpc) is 3.69. The molecule has 0 aromatic heterocycles. The molecule has 0 saturated heterocycles. The summed E-state index contributed by atoms with van der Waals surface area (Å²) in [6, 6.07) is 6.76. The third kappa shape index (κ3) is 8.21. The number of carbonyl (C=O) groups excluding carboxylic acids is 5. The van der Waals surface area contributed by atoms with Crippen LogP contribution in [0.1, 0.15) is 51.2 Å². The Kier molecular flexibility index (Phi) is 12.9. The molecule has 0 aliphatic heterocycles. The van der Waals surface area contributed by atoms with Gasteiger partial charge in [-0.3, -0.25) is 24.0 Å². The Hall–Kier alpha value is -3.77. The molecular weight excluding hydrogens is 624 g/mol. The Labute approximate surface area is 279 Å². The first-order valence-electron chi connectivity index (χ1n) is 15.4. The highest BCUT2D eigenvalue weighted by atomic mass is 28.4. The predicted octanol–water partition coefficient (Wildman–Crippen LogP) is 4.91. The maximum atomic E-state index is 13.3. The molecule has 0 N–H and O–H groups in total. The van der Waals surface area contributed by atoms with Gasteiger partial charge in [0, 0.05) is 0 Å². The van der Waals surface area contributed by atoms with Crippen molar-refractivity contribution in [2.75, 3.05) is 35.5 Å². The van der Waals surface area contributed by atoms with Crippen molar-refractivity contribution in [3.8, 4) is 0 Å². The number of ether oxygens (including phenoxy) is 5. The van der Waals surface area contributed by atoms with E-state index in [1.807, 2.05) is 0 Å². The van der Waals surface area contributed by atoms with Crippen molar-refractivity contribution in [2.24, 2.45) is 16.7 Å². The highest BCUT2D eigenvalue weighted by molar-refractivity contribution is 6.74. The van der Waals surface area contributed by atoms with Crippen molar-refractivity contribution in [3.05, 3.63) is 60.2 Å². The van der Waals surface area contributed by atoms with E-state index in [4.69, 9.17) is 28.1 Å². The number of hydrogen-bond donors (Lipinski definition) is 0. The van der Waals surface area contributed by atoms with Crippen LogP contribution in [0.3, 0.4) is 0 Å². The number of hydrogen-bond acceptors (Lipinski definition) is 11. The van der Waals surface area contributed by atoms with Crippen LogP contribution >= 0.6 is 0 Å². The number of carbonyl (C=O) groups is 5. The maximum Gasteiger partial charge on any atom is 0.323 e. The summed E-state index contributed by atoms with van der Waals surface area (Å²) in [4.78, 5) is 63.9. The fourth-order valence-electron chi connectivity index (χ4n) is 5.58. The third-order valence-electron chi connectivity index (χ3n) is 9.59. The van der Waals surface area contributed by atoms with Crippen molar-refractivity contribution < 1.29 is 52.1 Å². The number of methoxy groups -OCH3 is 5. The van der Waals surface area contributed by atoms with Gasteiger partial charge in [-0.2, -0.15) is 0 Å². The minimum atomic E-state index is -2.31. The molecule has 2 rings (SSSR count).